The van der Waals surface area contributed by atoms with Crippen LogP contribution in [0.3, 0.4) is 0 Å². The van der Waals surface area contributed by atoms with Gasteiger partial charge in [0.1, 0.15) is 5.75 Å². The zero-order valence-electron chi connectivity index (χ0n) is 16.5. The number of carbonyl (C=O) groups is 2. The van der Waals surface area contributed by atoms with Crippen molar-refractivity contribution in [2.75, 3.05) is 17.7 Å². The molecule has 3 rings (SSSR count). The van der Waals surface area contributed by atoms with Crippen molar-refractivity contribution in [1.29, 1.82) is 0 Å². The van der Waals surface area contributed by atoms with Crippen molar-refractivity contribution >= 4 is 29.2 Å². The minimum absolute atomic E-state index is 0.0153. The molecule has 3 N–H and O–H groups in total. The van der Waals surface area contributed by atoms with Gasteiger partial charge in [0.15, 0.2) is 11.6 Å². The fourth-order valence-electron chi connectivity index (χ4n) is 2.75. The molecule has 0 spiro atoms. The number of allylic oxidation sites excluding steroid dienone is 4. The van der Waals surface area contributed by atoms with E-state index in [9.17, 15) is 19.1 Å². The van der Waals surface area contributed by atoms with E-state index in [-0.39, 0.29) is 28.8 Å². The number of Topliss-reactive ketones (excluding diaryl/α,β-unsaturated/α-hetero) is 1. The number of hydrogen-bond donors (Lipinski definition) is 3. The zero-order chi connectivity index (χ0) is 21.8. The second kappa shape index (κ2) is 8.56. The molecule has 0 aliphatic heterocycles. The van der Waals surface area contributed by atoms with Gasteiger partial charge in [0.25, 0.3) is 0 Å². The minimum atomic E-state index is -0.695. The molecule has 154 valence electrons. The maximum atomic E-state index is 14.2. The smallest absolute Gasteiger partial charge is 0.331 e. The van der Waals surface area contributed by atoms with Crippen LogP contribution in [-0.4, -0.2) is 33.9 Å². The zero-order valence-corrected chi connectivity index (χ0v) is 16.5. The Balaban J connectivity index is 1.83. The standard InChI is InChI=1S/C21H19FN4O4/c1-11-7-14(8-12(2)18(11)28)24-20-15(22)10-23-21(26-20)25-16-6-4-5-13(19(16)29)9-17(27)30-3/h4-10,28H,1-3H3,(H2,23,24,25,26). The van der Waals surface area contributed by atoms with Crippen molar-refractivity contribution in [1.82, 2.24) is 9.97 Å². The van der Waals surface area contributed by atoms with Crippen LogP contribution < -0.4 is 10.6 Å². The second-order valence-corrected chi connectivity index (χ2v) is 6.49. The van der Waals surface area contributed by atoms with E-state index in [1.165, 1.54) is 19.3 Å². The van der Waals surface area contributed by atoms with Gasteiger partial charge in [0, 0.05) is 17.3 Å². The van der Waals surface area contributed by atoms with Crippen molar-refractivity contribution < 1.29 is 23.8 Å². The van der Waals surface area contributed by atoms with Crippen molar-refractivity contribution in [2.24, 2.45) is 0 Å². The third kappa shape index (κ3) is 4.52. The van der Waals surface area contributed by atoms with Gasteiger partial charge in [-0.25, -0.2) is 14.2 Å². The molecule has 1 heterocycles. The van der Waals surface area contributed by atoms with Gasteiger partial charge in [-0.3, -0.25) is 4.79 Å². The average Bonchev–Trinajstić information content (AvgIpc) is 2.71. The van der Waals surface area contributed by atoms with Crippen LogP contribution in [0, 0.1) is 19.7 Å². The molecule has 2 aromatic rings. The monoisotopic (exact) mass is 410 g/mol. The largest absolute Gasteiger partial charge is 0.507 e. The molecule has 9 heteroatoms. The topological polar surface area (TPSA) is 113 Å². The summed E-state index contributed by atoms with van der Waals surface area (Å²) in [7, 11) is 1.21. The Morgan fingerprint density at radius 3 is 2.60 bits per heavy atom. The first-order valence-corrected chi connectivity index (χ1v) is 8.88. The summed E-state index contributed by atoms with van der Waals surface area (Å²) < 4.78 is 18.8. The van der Waals surface area contributed by atoms with Gasteiger partial charge in [0.05, 0.1) is 19.0 Å². The highest BCUT2D eigenvalue weighted by atomic mass is 19.1. The molecule has 0 fully saturated rings. The molecule has 0 atom stereocenters. The summed E-state index contributed by atoms with van der Waals surface area (Å²) in [6, 6.07) is 3.30. The highest BCUT2D eigenvalue weighted by Gasteiger charge is 2.19. The van der Waals surface area contributed by atoms with Gasteiger partial charge in [-0.2, -0.15) is 4.98 Å². The van der Waals surface area contributed by atoms with Gasteiger partial charge in [-0.05, 0) is 43.2 Å². The fourth-order valence-corrected chi connectivity index (χ4v) is 2.75. The van der Waals surface area contributed by atoms with Crippen LogP contribution in [0.4, 0.5) is 21.8 Å². The highest BCUT2D eigenvalue weighted by molar-refractivity contribution is 6.15. The predicted molar refractivity (Wildman–Crippen MR) is 109 cm³/mol. The van der Waals surface area contributed by atoms with E-state index >= 15 is 0 Å². The lowest BCUT2D eigenvalue weighted by atomic mass is 10.0. The number of methoxy groups -OCH3 is 1. The first kappa shape index (κ1) is 20.7. The molecule has 1 aromatic carbocycles. The third-order valence-electron chi connectivity index (χ3n) is 4.26. The Bertz CT molecular complexity index is 1100. The lowest BCUT2D eigenvalue weighted by Gasteiger charge is -2.14. The number of hydrogen-bond acceptors (Lipinski definition) is 8. The number of aromatic nitrogens is 2. The number of esters is 1. The van der Waals surface area contributed by atoms with Gasteiger partial charge < -0.3 is 20.5 Å². The number of carbonyl (C=O) groups excluding carboxylic acids is 2. The lowest BCUT2D eigenvalue weighted by molar-refractivity contribution is -0.135. The average molecular weight is 410 g/mol. The molecular weight excluding hydrogens is 391 g/mol. The fraction of sp³-hybridized carbons (Fsp3) is 0.143. The molecule has 0 saturated heterocycles. The Morgan fingerprint density at radius 1 is 1.23 bits per heavy atom. The van der Waals surface area contributed by atoms with E-state index in [1.807, 2.05) is 0 Å². The Morgan fingerprint density at radius 2 is 1.93 bits per heavy atom. The molecule has 30 heavy (non-hydrogen) atoms. The number of nitrogens with zero attached hydrogens (tertiary/aromatic N) is 2. The number of phenols is 1. The van der Waals surface area contributed by atoms with Crippen molar-refractivity contribution in [3.8, 4) is 5.75 Å². The molecule has 0 saturated carbocycles. The van der Waals surface area contributed by atoms with Crippen LogP contribution in [0.2, 0.25) is 0 Å². The Hall–Kier alpha value is -4.01. The van der Waals surface area contributed by atoms with E-state index in [0.29, 0.717) is 16.8 Å². The molecule has 0 radical (unpaired) electrons. The third-order valence-corrected chi connectivity index (χ3v) is 4.26. The number of anilines is 3. The summed E-state index contributed by atoms with van der Waals surface area (Å²) in [6.07, 6.45) is 6.57. The van der Waals surface area contributed by atoms with Crippen molar-refractivity contribution in [3.63, 3.8) is 0 Å². The Labute approximate surface area is 171 Å². The van der Waals surface area contributed by atoms with Crippen LogP contribution >= 0.6 is 0 Å². The predicted octanol–water partition coefficient (Wildman–Crippen LogP) is 3.22. The van der Waals surface area contributed by atoms with Crippen LogP contribution in [0.25, 0.3) is 0 Å². The number of ketones is 1. The molecule has 8 nitrogen and oxygen atoms in total. The highest BCUT2D eigenvalue weighted by Crippen LogP contribution is 2.28. The first-order chi connectivity index (χ1) is 14.3. The number of halogens is 1. The molecule has 1 aliphatic rings. The summed E-state index contributed by atoms with van der Waals surface area (Å²) in [5, 5.41) is 15.5. The van der Waals surface area contributed by atoms with E-state index in [1.54, 1.807) is 32.1 Å². The number of aromatic hydroxyl groups is 1. The molecule has 0 amide bonds. The summed E-state index contributed by atoms with van der Waals surface area (Å²) in [5.41, 5.74) is 2.02. The van der Waals surface area contributed by atoms with Gasteiger partial charge in [-0.1, -0.05) is 12.2 Å². The van der Waals surface area contributed by atoms with E-state index in [0.717, 1.165) is 12.3 Å². The van der Waals surface area contributed by atoms with Crippen LogP contribution in [0.5, 0.6) is 5.75 Å². The lowest BCUT2D eigenvalue weighted by Crippen LogP contribution is -2.18. The summed E-state index contributed by atoms with van der Waals surface area (Å²) in [5.74, 6) is -1.78. The SMILES string of the molecule is COC(=O)C=C1C=CC=C(Nc2ncc(F)c(Nc3cc(C)c(O)c(C)c3)n2)C1=O. The van der Waals surface area contributed by atoms with Crippen molar-refractivity contribution in [2.45, 2.75) is 13.8 Å². The molecular formula is C21H19FN4O4. The molecule has 1 aromatic heterocycles. The summed E-state index contributed by atoms with van der Waals surface area (Å²) in [6.45, 7) is 3.45. The maximum absolute atomic E-state index is 14.2. The molecule has 0 unspecified atom stereocenters. The van der Waals surface area contributed by atoms with Crippen molar-refractivity contribution in [3.05, 3.63) is 70.8 Å². The summed E-state index contributed by atoms with van der Waals surface area (Å²) >= 11 is 0. The number of ether oxygens (including phenoxy) is 1. The summed E-state index contributed by atoms with van der Waals surface area (Å²) in [4.78, 5) is 31.8. The van der Waals surface area contributed by atoms with Crippen LogP contribution in [-0.2, 0) is 14.3 Å². The number of aryl methyl sites for hydroxylation is 2. The number of phenolic OH excluding ortho intramolecular Hbond substituents is 1. The van der Waals surface area contributed by atoms with E-state index in [4.69, 9.17) is 0 Å². The minimum Gasteiger partial charge on any atom is -0.507 e. The number of rotatable bonds is 5. The van der Waals surface area contributed by atoms with E-state index in [2.05, 4.69) is 25.3 Å². The quantitative estimate of drug-likeness (QED) is 0.391. The normalized spacial score (nSPS) is 14.5. The Kier molecular flexibility index (Phi) is 5.91. The number of nitrogens with one attached hydrogen (secondary N) is 2. The van der Waals surface area contributed by atoms with Crippen LogP contribution in [0.1, 0.15) is 11.1 Å². The van der Waals surface area contributed by atoms with Gasteiger partial charge in [0.2, 0.25) is 11.7 Å². The van der Waals surface area contributed by atoms with E-state index < -0.39 is 17.6 Å². The first-order valence-electron chi connectivity index (χ1n) is 8.88. The maximum Gasteiger partial charge on any atom is 0.331 e. The molecule has 0 bridgehead atoms. The number of benzene rings is 1. The van der Waals surface area contributed by atoms with Crippen LogP contribution in [0.15, 0.2) is 53.9 Å². The second-order valence-electron chi connectivity index (χ2n) is 6.49. The van der Waals surface area contributed by atoms with Gasteiger partial charge in [-0.15, -0.1) is 0 Å². The molecule has 1 aliphatic carbocycles. The van der Waals surface area contributed by atoms with Gasteiger partial charge >= 0.3 is 5.97 Å².